The van der Waals surface area contributed by atoms with Gasteiger partial charge in [0.15, 0.2) is 0 Å². The number of nitrogens with zero attached hydrogens (tertiary/aromatic N) is 3. The Balaban J connectivity index is 7.84. The summed E-state index contributed by atoms with van der Waals surface area (Å²) in [5.41, 5.74) is 0. The van der Waals surface area contributed by atoms with Crippen molar-refractivity contribution in [3.8, 4) is 0 Å². The van der Waals surface area contributed by atoms with Crippen molar-refractivity contribution in [2.75, 3.05) is 39.3 Å². The van der Waals surface area contributed by atoms with E-state index in [4.69, 9.17) is 0 Å². The Morgan fingerprint density at radius 2 is 0.857 bits per heavy atom. The van der Waals surface area contributed by atoms with Gasteiger partial charge >= 0.3 is 0 Å². The first-order valence-electron chi connectivity index (χ1n) is 11.0. The second kappa shape index (κ2) is 10.9. The molecule has 0 heterocycles. The fourth-order valence-electron chi connectivity index (χ4n) is 4.36. The minimum absolute atomic E-state index is 0.516. The topological polar surface area (TPSA) is 49.9 Å². The van der Waals surface area contributed by atoms with Gasteiger partial charge in [0, 0.05) is 39.3 Å². The molecule has 28 heavy (non-hydrogen) atoms. The highest BCUT2D eigenvalue weighted by Crippen LogP contribution is 2.90. The van der Waals surface area contributed by atoms with Crippen molar-refractivity contribution in [2.24, 2.45) is 0 Å². The minimum atomic E-state index is -3.11. The van der Waals surface area contributed by atoms with Crippen molar-refractivity contribution >= 4 is 21.0 Å². The smallest absolute Gasteiger partial charge is 0.269 e. The van der Waals surface area contributed by atoms with Crippen LogP contribution in [0.2, 0.25) is 0 Å². The lowest BCUT2D eigenvalue weighted by atomic mass is 10.2. The van der Waals surface area contributed by atoms with Crippen LogP contribution >= 0.6 is 21.0 Å². The van der Waals surface area contributed by atoms with Crippen LogP contribution in [-0.4, -0.2) is 63.6 Å². The molecule has 0 aliphatic heterocycles. The standard InChI is InChI=1S/C20H48N3O2P3/c1-13-21(14-2)28(22(15-3)16-4,23(17-5)18-6)26(24)27(25,19(7,8)9)20(10,11)12/h13-18H2,1-12H3. The van der Waals surface area contributed by atoms with Crippen molar-refractivity contribution in [3.63, 3.8) is 0 Å². The predicted molar refractivity (Wildman–Crippen MR) is 130 cm³/mol. The highest BCUT2D eigenvalue weighted by atomic mass is 32.3. The van der Waals surface area contributed by atoms with Crippen molar-refractivity contribution in [2.45, 2.75) is 93.4 Å². The van der Waals surface area contributed by atoms with Gasteiger partial charge in [0.2, 0.25) is 0 Å². The zero-order chi connectivity index (χ0) is 22.6. The average molecular weight is 456 g/mol. The number of rotatable bonds is 10. The summed E-state index contributed by atoms with van der Waals surface area (Å²) in [5.74, 6) is 0. The van der Waals surface area contributed by atoms with E-state index < -0.39 is 31.3 Å². The van der Waals surface area contributed by atoms with Gasteiger partial charge in [-0.3, -0.25) is 4.57 Å². The summed E-state index contributed by atoms with van der Waals surface area (Å²) in [7, 11) is -4.49. The molecule has 0 aromatic carbocycles. The Labute approximate surface area is 177 Å². The molecule has 0 aromatic heterocycles. The van der Waals surface area contributed by atoms with Crippen LogP contribution in [-0.2, 0) is 4.57 Å². The third-order valence-corrected chi connectivity index (χ3v) is 27.3. The van der Waals surface area contributed by atoms with Gasteiger partial charge in [-0.2, -0.15) is 0 Å². The van der Waals surface area contributed by atoms with Crippen LogP contribution < -0.4 is 4.89 Å². The second-order valence-electron chi connectivity index (χ2n) is 9.12. The molecule has 5 nitrogen and oxygen atoms in total. The zero-order valence-corrected chi connectivity index (χ0v) is 23.4. The summed E-state index contributed by atoms with van der Waals surface area (Å²) < 4.78 is 22.1. The van der Waals surface area contributed by atoms with Crippen LogP contribution in [0.25, 0.3) is 0 Å². The summed E-state index contributed by atoms with van der Waals surface area (Å²) in [4.78, 5) is 14.9. The summed E-state index contributed by atoms with van der Waals surface area (Å²) in [6.07, 6.45) is 0. The molecule has 0 spiro atoms. The Morgan fingerprint density at radius 3 is 1.00 bits per heavy atom. The fraction of sp³-hybridized carbons (Fsp3) is 1.00. The minimum Gasteiger partial charge on any atom is -0.626 e. The van der Waals surface area contributed by atoms with Crippen LogP contribution in [0.3, 0.4) is 0 Å². The summed E-state index contributed by atoms with van der Waals surface area (Å²) in [5, 5.41) is -1.03. The van der Waals surface area contributed by atoms with Gasteiger partial charge in [0.05, 0.1) is 10.3 Å². The SMILES string of the molecule is CCN(CC)P(N(CC)CC)(N(CC)CC)=[P+]([O-])P(=O)(C(C)(C)C)C(C)(C)C. The van der Waals surface area contributed by atoms with E-state index in [1.54, 1.807) is 0 Å². The molecule has 0 radical (unpaired) electrons. The maximum Gasteiger partial charge on any atom is 0.269 e. The third-order valence-electron chi connectivity index (χ3n) is 5.62. The molecule has 0 saturated heterocycles. The molecule has 0 amide bonds. The summed E-state index contributed by atoms with van der Waals surface area (Å²) >= 11 is 0. The third kappa shape index (κ3) is 4.83. The molecule has 170 valence electrons. The maximum atomic E-state index is 14.9. The lowest BCUT2D eigenvalue weighted by molar-refractivity contribution is -0.148. The molecule has 0 aliphatic rings. The van der Waals surface area contributed by atoms with Gasteiger partial charge in [-0.15, -0.1) is 0 Å². The van der Waals surface area contributed by atoms with E-state index in [0.29, 0.717) is 0 Å². The Morgan fingerprint density at radius 1 is 0.643 bits per heavy atom. The van der Waals surface area contributed by atoms with E-state index in [1.165, 1.54) is 0 Å². The molecule has 1 atom stereocenters. The number of hydrogen-bond donors (Lipinski definition) is 0. The van der Waals surface area contributed by atoms with E-state index in [2.05, 4.69) is 55.6 Å². The highest BCUT2D eigenvalue weighted by molar-refractivity contribution is 8.45. The van der Waals surface area contributed by atoms with Crippen LogP contribution in [0.4, 0.5) is 0 Å². The van der Waals surface area contributed by atoms with Gasteiger partial charge in [-0.25, -0.2) is 14.0 Å². The molecule has 8 heteroatoms. The van der Waals surface area contributed by atoms with Crippen LogP contribution in [0.5, 0.6) is 0 Å². The van der Waals surface area contributed by atoms with Gasteiger partial charge < -0.3 is 4.89 Å². The van der Waals surface area contributed by atoms with E-state index in [9.17, 15) is 9.46 Å². The van der Waals surface area contributed by atoms with Gasteiger partial charge in [0.1, 0.15) is 7.12 Å². The predicted octanol–water partition coefficient (Wildman–Crippen LogP) is 6.32. The second-order valence-corrected chi connectivity index (χ2v) is 22.7. The van der Waals surface area contributed by atoms with Crippen molar-refractivity contribution in [3.05, 3.63) is 0 Å². The zero-order valence-electron chi connectivity index (χ0n) is 20.7. The monoisotopic (exact) mass is 455 g/mol. The normalized spacial score (nSPS) is 15.1. The molecule has 0 fully saturated rings. The average Bonchev–Trinajstić information content (AvgIpc) is 2.60. The van der Waals surface area contributed by atoms with E-state index >= 15 is 0 Å². The van der Waals surface area contributed by atoms with E-state index in [0.717, 1.165) is 39.3 Å². The first-order valence-corrected chi connectivity index (χ1v) is 17.0. The first-order chi connectivity index (χ1) is 12.7. The van der Waals surface area contributed by atoms with E-state index in [1.807, 2.05) is 41.5 Å². The first kappa shape index (κ1) is 28.8. The lowest BCUT2D eigenvalue weighted by Gasteiger charge is -2.49. The van der Waals surface area contributed by atoms with Crippen molar-refractivity contribution in [1.29, 1.82) is 0 Å². The largest absolute Gasteiger partial charge is 0.626 e. The van der Waals surface area contributed by atoms with Gasteiger partial charge in [-0.05, 0) is 41.5 Å². The molecule has 0 rings (SSSR count). The van der Waals surface area contributed by atoms with Gasteiger partial charge in [0.25, 0.3) is 13.8 Å². The lowest BCUT2D eigenvalue weighted by Crippen LogP contribution is -2.42. The molecular formula is C20H48N3O2P3. The summed E-state index contributed by atoms with van der Waals surface area (Å²) in [6.45, 7) is 26.8. The van der Waals surface area contributed by atoms with E-state index in [-0.39, 0.29) is 0 Å². The highest BCUT2D eigenvalue weighted by Gasteiger charge is 2.59. The van der Waals surface area contributed by atoms with Crippen molar-refractivity contribution in [1.82, 2.24) is 14.0 Å². The Hall–Kier alpha value is 0.800. The quantitative estimate of drug-likeness (QED) is 0.361. The molecule has 0 saturated carbocycles. The van der Waals surface area contributed by atoms with Crippen LogP contribution in [0.1, 0.15) is 83.1 Å². The van der Waals surface area contributed by atoms with Crippen LogP contribution in [0.15, 0.2) is 0 Å². The Kier molecular flexibility index (Phi) is 11.2. The molecule has 1 unspecified atom stereocenters. The maximum absolute atomic E-state index is 14.9. The van der Waals surface area contributed by atoms with Crippen molar-refractivity contribution < 1.29 is 9.46 Å². The summed E-state index contributed by atoms with van der Waals surface area (Å²) in [6, 6.07) is 0. The molecule has 0 aromatic rings. The Bertz CT molecular complexity index is 526. The molecule has 0 N–H and O–H groups in total. The fourth-order valence-corrected chi connectivity index (χ4v) is 31.0. The van der Waals surface area contributed by atoms with Gasteiger partial charge in [-0.1, -0.05) is 41.5 Å². The number of hydrogen-bond acceptors (Lipinski definition) is 2. The molecular weight excluding hydrogens is 407 g/mol. The van der Waals surface area contributed by atoms with Crippen LogP contribution in [0, 0.1) is 0 Å². The molecule has 0 aliphatic carbocycles. The molecule has 0 bridgehead atoms.